The molecule has 0 saturated carbocycles. The number of amides is 1. The maximum atomic E-state index is 12.5. The van der Waals surface area contributed by atoms with Crippen molar-refractivity contribution in [2.24, 2.45) is 11.8 Å². The molecule has 0 bridgehead atoms. The highest BCUT2D eigenvalue weighted by Crippen LogP contribution is 2.33. The summed E-state index contributed by atoms with van der Waals surface area (Å²) in [7, 11) is 0. The standard InChI is InChI=1S/C12H19N5O/c1-8-11-4-13-3-10(11)5-16(8)12(18)9(2)17-7-14-6-15-17/h6-11,13H,3-5H2,1-2H3. The van der Waals surface area contributed by atoms with Gasteiger partial charge in [-0.25, -0.2) is 9.67 Å². The zero-order valence-corrected chi connectivity index (χ0v) is 10.8. The molecular weight excluding hydrogens is 230 g/mol. The van der Waals surface area contributed by atoms with Gasteiger partial charge in [0.05, 0.1) is 0 Å². The van der Waals surface area contributed by atoms with Crippen LogP contribution in [0.25, 0.3) is 0 Å². The van der Waals surface area contributed by atoms with Gasteiger partial charge in [-0.15, -0.1) is 0 Å². The summed E-state index contributed by atoms with van der Waals surface area (Å²) in [6.45, 7) is 6.99. The van der Waals surface area contributed by atoms with E-state index in [9.17, 15) is 4.79 Å². The lowest BCUT2D eigenvalue weighted by molar-refractivity contribution is -0.135. The Labute approximate surface area is 106 Å². The molecule has 1 N–H and O–H groups in total. The Bertz CT molecular complexity index is 432. The van der Waals surface area contributed by atoms with Crippen LogP contribution in [0.4, 0.5) is 0 Å². The van der Waals surface area contributed by atoms with Gasteiger partial charge >= 0.3 is 0 Å². The van der Waals surface area contributed by atoms with Crippen LogP contribution in [-0.2, 0) is 4.79 Å². The summed E-state index contributed by atoms with van der Waals surface area (Å²) in [5, 5.41) is 7.46. The maximum absolute atomic E-state index is 12.5. The van der Waals surface area contributed by atoms with E-state index in [1.54, 1.807) is 11.0 Å². The van der Waals surface area contributed by atoms with Crippen LogP contribution in [0.3, 0.4) is 0 Å². The predicted molar refractivity (Wildman–Crippen MR) is 65.8 cm³/mol. The number of hydrogen-bond acceptors (Lipinski definition) is 4. The molecular formula is C12H19N5O. The van der Waals surface area contributed by atoms with E-state index in [-0.39, 0.29) is 11.9 Å². The molecule has 98 valence electrons. The molecule has 1 aromatic heterocycles. The van der Waals surface area contributed by atoms with E-state index < -0.39 is 0 Å². The highest BCUT2D eigenvalue weighted by atomic mass is 16.2. The molecule has 1 amide bonds. The molecule has 6 nitrogen and oxygen atoms in total. The first kappa shape index (κ1) is 11.6. The van der Waals surface area contributed by atoms with Crippen LogP contribution in [0.2, 0.25) is 0 Å². The summed E-state index contributed by atoms with van der Waals surface area (Å²) >= 11 is 0. The van der Waals surface area contributed by atoms with Gasteiger partial charge < -0.3 is 10.2 Å². The lowest BCUT2D eigenvalue weighted by atomic mass is 9.95. The quantitative estimate of drug-likeness (QED) is 0.795. The van der Waals surface area contributed by atoms with Crippen molar-refractivity contribution in [1.82, 2.24) is 25.0 Å². The van der Waals surface area contributed by atoms with E-state index in [0.717, 1.165) is 19.6 Å². The first-order valence-electron chi connectivity index (χ1n) is 6.54. The van der Waals surface area contributed by atoms with Gasteiger partial charge in [-0.2, -0.15) is 5.10 Å². The van der Waals surface area contributed by atoms with Gasteiger partial charge in [0, 0.05) is 25.7 Å². The molecule has 4 unspecified atom stereocenters. The highest BCUT2D eigenvalue weighted by Gasteiger charge is 2.44. The molecule has 0 aromatic carbocycles. The van der Waals surface area contributed by atoms with Gasteiger partial charge in [0.15, 0.2) is 0 Å². The summed E-state index contributed by atoms with van der Waals surface area (Å²) in [5.74, 6) is 1.38. The van der Waals surface area contributed by atoms with Crippen LogP contribution in [0, 0.1) is 11.8 Å². The molecule has 4 atom stereocenters. The number of fused-ring (bicyclic) bond motifs is 1. The molecule has 0 aliphatic carbocycles. The maximum Gasteiger partial charge on any atom is 0.247 e. The molecule has 2 saturated heterocycles. The third kappa shape index (κ3) is 1.71. The van der Waals surface area contributed by atoms with Gasteiger partial charge in [-0.1, -0.05) is 0 Å². The second-order valence-electron chi connectivity index (χ2n) is 5.36. The third-order valence-corrected chi connectivity index (χ3v) is 4.41. The molecule has 3 heterocycles. The van der Waals surface area contributed by atoms with Crippen LogP contribution >= 0.6 is 0 Å². The van der Waals surface area contributed by atoms with Crippen LogP contribution in [0.5, 0.6) is 0 Å². The van der Waals surface area contributed by atoms with E-state index in [2.05, 4.69) is 22.3 Å². The van der Waals surface area contributed by atoms with Crippen molar-refractivity contribution in [3.63, 3.8) is 0 Å². The summed E-state index contributed by atoms with van der Waals surface area (Å²) in [4.78, 5) is 18.4. The monoisotopic (exact) mass is 249 g/mol. The molecule has 2 fully saturated rings. The Balaban J connectivity index is 1.74. The first-order valence-corrected chi connectivity index (χ1v) is 6.54. The second-order valence-corrected chi connectivity index (χ2v) is 5.36. The van der Waals surface area contributed by atoms with Crippen molar-refractivity contribution < 1.29 is 4.79 Å². The predicted octanol–water partition coefficient (Wildman–Crippen LogP) is -0.0946. The minimum Gasteiger partial charge on any atom is -0.337 e. The number of carbonyl (C=O) groups excluding carboxylic acids is 1. The summed E-state index contributed by atoms with van der Waals surface area (Å²) < 4.78 is 1.63. The van der Waals surface area contributed by atoms with Crippen molar-refractivity contribution in [3.8, 4) is 0 Å². The molecule has 0 spiro atoms. The summed E-state index contributed by atoms with van der Waals surface area (Å²) in [5.41, 5.74) is 0. The minimum absolute atomic E-state index is 0.155. The zero-order valence-electron chi connectivity index (χ0n) is 10.8. The van der Waals surface area contributed by atoms with E-state index >= 15 is 0 Å². The fourth-order valence-corrected chi connectivity index (χ4v) is 3.23. The average molecular weight is 249 g/mol. The van der Waals surface area contributed by atoms with Gasteiger partial charge in [0.1, 0.15) is 18.7 Å². The number of hydrogen-bond donors (Lipinski definition) is 1. The topological polar surface area (TPSA) is 63.1 Å². The summed E-state index contributed by atoms with van der Waals surface area (Å²) in [6.07, 6.45) is 3.07. The number of nitrogens with zero attached hydrogens (tertiary/aromatic N) is 4. The lowest BCUT2D eigenvalue weighted by Gasteiger charge is -2.27. The molecule has 6 heteroatoms. The first-order chi connectivity index (χ1) is 8.68. The van der Waals surface area contributed by atoms with Crippen LogP contribution in [-0.4, -0.2) is 51.2 Å². The van der Waals surface area contributed by atoms with Gasteiger partial charge in [0.25, 0.3) is 0 Å². The van der Waals surface area contributed by atoms with Crippen LogP contribution < -0.4 is 5.32 Å². The number of rotatable bonds is 2. The van der Waals surface area contributed by atoms with Gasteiger partial charge in [-0.3, -0.25) is 4.79 Å². The smallest absolute Gasteiger partial charge is 0.247 e. The van der Waals surface area contributed by atoms with Crippen molar-refractivity contribution in [2.75, 3.05) is 19.6 Å². The van der Waals surface area contributed by atoms with E-state index in [1.807, 2.05) is 11.8 Å². The van der Waals surface area contributed by atoms with Crippen LogP contribution in [0.1, 0.15) is 19.9 Å². The largest absolute Gasteiger partial charge is 0.337 e. The van der Waals surface area contributed by atoms with Crippen LogP contribution in [0.15, 0.2) is 12.7 Å². The Morgan fingerprint density at radius 3 is 3.00 bits per heavy atom. The van der Waals surface area contributed by atoms with Crippen molar-refractivity contribution >= 4 is 5.91 Å². The molecule has 2 aliphatic heterocycles. The SMILES string of the molecule is CC1C2CNCC2CN1C(=O)C(C)n1cncn1. The highest BCUT2D eigenvalue weighted by molar-refractivity contribution is 5.80. The molecule has 3 rings (SSSR count). The summed E-state index contributed by atoms with van der Waals surface area (Å²) in [6, 6.07) is 0.0604. The lowest BCUT2D eigenvalue weighted by Crippen LogP contribution is -2.41. The zero-order chi connectivity index (χ0) is 12.7. The Morgan fingerprint density at radius 2 is 2.33 bits per heavy atom. The molecule has 18 heavy (non-hydrogen) atoms. The van der Waals surface area contributed by atoms with Gasteiger partial charge in [0.2, 0.25) is 5.91 Å². The Hall–Kier alpha value is -1.43. The van der Waals surface area contributed by atoms with Crippen molar-refractivity contribution in [1.29, 1.82) is 0 Å². The van der Waals surface area contributed by atoms with Gasteiger partial charge in [-0.05, 0) is 25.7 Å². The van der Waals surface area contributed by atoms with Crippen molar-refractivity contribution in [3.05, 3.63) is 12.7 Å². The van der Waals surface area contributed by atoms with E-state index in [0.29, 0.717) is 17.9 Å². The van der Waals surface area contributed by atoms with E-state index in [1.165, 1.54) is 6.33 Å². The second kappa shape index (κ2) is 4.35. The minimum atomic E-state index is -0.262. The number of carbonyl (C=O) groups is 1. The van der Waals surface area contributed by atoms with E-state index in [4.69, 9.17) is 0 Å². The fraction of sp³-hybridized carbons (Fsp3) is 0.750. The molecule has 0 radical (unpaired) electrons. The third-order valence-electron chi connectivity index (χ3n) is 4.41. The molecule has 2 aliphatic rings. The Morgan fingerprint density at radius 1 is 1.50 bits per heavy atom. The number of aromatic nitrogens is 3. The Kier molecular flexibility index (Phi) is 2.81. The number of nitrogens with one attached hydrogen (secondary N) is 1. The number of likely N-dealkylation sites (tertiary alicyclic amines) is 1. The van der Waals surface area contributed by atoms with Crippen molar-refractivity contribution in [2.45, 2.75) is 25.9 Å². The fourth-order valence-electron chi connectivity index (χ4n) is 3.23. The normalized spacial score (nSPS) is 32.6. The molecule has 1 aromatic rings. The average Bonchev–Trinajstić information content (AvgIpc) is 3.06.